The van der Waals surface area contributed by atoms with Gasteiger partial charge in [-0.2, -0.15) is 5.10 Å². The number of amides is 1. The van der Waals surface area contributed by atoms with Crippen molar-refractivity contribution in [3.63, 3.8) is 0 Å². The van der Waals surface area contributed by atoms with Crippen molar-refractivity contribution in [2.45, 2.75) is 63.8 Å². The van der Waals surface area contributed by atoms with Crippen molar-refractivity contribution in [1.29, 1.82) is 0 Å². The lowest BCUT2D eigenvalue weighted by molar-refractivity contribution is 0.00177. The average Bonchev–Trinajstić information content (AvgIpc) is 3.27. The Balaban J connectivity index is 1.57. The van der Waals surface area contributed by atoms with Gasteiger partial charge in [0.05, 0.1) is 32.6 Å². The minimum Gasteiger partial charge on any atom is -0.444 e. The number of ether oxygens (including phenoxy) is 1. The van der Waals surface area contributed by atoms with E-state index in [4.69, 9.17) is 26.4 Å². The molecule has 0 unspecified atom stereocenters. The van der Waals surface area contributed by atoms with Gasteiger partial charge < -0.3 is 24.5 Å². The minimum absolute atomic E-state index is 0.0512. The van der Waals surface area contributed by atoms with Gasteiger partial charge in [0.2, 0.25) is 0 Å². The summed E-state index contributed by atoms with van der Waals surface area (Å²) in [6, 6.07) is 1.83. The van der Waals surface area contributed by atoms with Crippen molar-refractivity contribution in [2.75, 3.05) is 45.2 Å². The summed E-state index contributed by atoms with van der Waals surface area (Å²) in [7, 11) is 4.10. The molecule has 0 radical (unpaired) electrons. The highest BCUT2D eigenvalue weighted by Crippen LogP contribution is 2.41. The second kappa shape index (κ2) is 10.6. The number of hydrogen-bond donors (Lipinski definition) is 1. The molecule has 0 spiro atoms. The summed E-state index contributed by atoms with van der Waals surface area (Å²) in [5.41, 5.74) is 0.398. The molecule has 39 heavy (non-hydrogen) atoms. The van der Waals surface area contributed by atoms with Gasteiger partial charge in [-0.15, -0.1) is 0 Å². The van der Waals surface area contributed by atoms with E-state index >= 15 is 4.39 Å². The summed E-state index contributed by atoms with van der Waals surface area (Å²) in [6.07, 6.45) is 3.06. The van der Waals surface area contributed by atoms with E-state index in [0.717, 1.165) is 24.0 Å². The van der Waals surface area contributed by atoms with Crippen LogP contribution in [0.15, 0.2) is 16.7 Å². The zero-order valence-electron chi connectivity index (χ0n) is 22.9. The van der Waals surface area contributed by atoms with Crippen LogP contribution in [-0.2, 0) is 4.74 Å². The van der Waals surface area contributed by atoms with Crippen molar-refractivity contribution in [2.24, 2.45) is 0 Å². The standard InChI is InChI=1S/C27H35BrClFN6O3/c1-27(2,3)39-26(38)35-8-6-16(10-15(35)7-9-37)36-24-18-11-20(29)21(28)22(30)23(18)32-25(19(24)12-31-36)34-13-17(14-34)33(4)5/h11-12,15-17,37H,6-10,13-14H2,1-5H3/t15-,16+/m1/s1. The second-order valence-corrected chi connectivity index (χ2v) is 12.9. The zero-order chi connectivity index (χ0) is 28.2. The van der Waals surface area contributed by atoms with E-state index in [2.05, 4.69) is 39.8 Å². The molecule has 212 valence electrons. The predicted octanol–water partition coefficient (Wildman–Crippen LogP) is 5.21. The molecule has 4 heterocycles. The smallest absolute Gasteiger partial charge is 0.410 e. The minimum atomic E-state index is -0.613. The van der Waals surface area contributed by atoms with Crippen LogP contribution in [0.25, 0.3) is 21.8 Å². The molecule has 0 saturated carbocycles. The fraction of sp³-hybridized carbons (Fsp3) is 0.593. The first-order valence-electron chi connectivity index (χ1n) is 13.3. The number of aliphatic hydroxyl groups is 1. The van der Waals surface area contributed by atoms with Gasteiger partial charge in [-0.05, 0) is 76.1 Å². The summed E-state index contributed by atoms with van der Waals surface area (Å²) in [4.78, 5) is 23.8. The van der Waals surface area contributed by atoms with Crippen LogP contribution in [0.5, 0.6) is 0 Å². The molecule has 12 heteroatoms. The van der Waals surface area contributed by atoms with Crippen LogP contribution >= 0.6 is 27.5 Å². The molecule has 0 aliphatic carbocycles. The number of aliphatic hydroxyl groups excluding tert-OH is 1. The van der Waals surface area contributed by atoms with Gasteiger partial charge in [0.25, 0.3) is 0 Å². The SMILES string of the molecule is CN(C)C1CN(c2nc3c(F)c(Br)c(Cl)cc3c3c2cnn3[C@H]2CCN(C(=O)OC(C)(C)C)[C@H](CCO)C2)C1. The first-order valence-corrected chi connectivity index (χ1v) is 14.4. The monoisotopic (exact) mass is 624 g/mol. The highest BCUT2D eigenvalue weighted by atomic mass is 79.9. The van der Waals surface area contributed by atoms with E-state index < -0.39 is 11.4 Å². The largest absolute Gasteiger partial charge is 0.444 e. The van der Waals surface area contributed by atoms with Crippen molar-refractivity contribution in [1.82, 2.24) is 24.6 Å². The van der Waals surface area contributed by atoms with Gasteiger partial charge in [0.1, 0.15) is 16.9 Å². The van der Waals surface area contributed by atoms with Crippen molar-refractivity contribution < 1.29 is 19.0 Å². The lowest BCUT2D eigenvalue weighted by Crippen LogP contribution is -2.57. The fourth-order valence-corrected chi connectivity index (χ4v) is 6.04. The van der Waals surface area contributed by atoms with Crippen LogP contribution in [0.4, 0.5) is 15.0 Å². The van der Waals surface area contributed by atoms with Crippen LogP contribution < -0.4 is 4.90 Å². The van der Waals surface area contributed by atoms with Crippen LogP contribution in [0.2, 0.25) is 5.02 Å². The molecule has 5 rings (SSSR count). The number of likely N-dealkylation sites (N-methyl/N-ethyl adjacent to an activating group) is 1. The third kappa shape index (κ3) is 5.30. The molecule has 2 aliphatic heterocycles. The quantitative estimate of drug-likeness (QED) is 0.390. The van der Waals surface area contributed by atoms with E-state index in [0.29, 0.717) is 43.1 Å². The van der Waals surface area contributed by atoms with Crippen molar-refractivity contribution in [3.05, 3.63) is 27.6 Å². The number of hydrogen-bond acceptors (Lipinski definition) is 7. The maximum Gasteiger partial charge on any atom is 0.410 e. The van der Waals surface area contributed by atoms with Crippen molar-refractivity contribution in [3.8, 4) is 0 Å². The third-order valence-electron chi connectivity index (χ3n) is 7.66. The number of carbonyl (C=O) groups is 1. The van der Waals surface area contributed by atoms with E-state index in [9.17, 15) is 9.90 Å². The normalized spacial score (nSPS) is 20.8. The number of piperidine rings is 1. The Morgan fingerprint density at radius 3 is 2.67 bits per heavy atom. The number of carbonyl (C=O) groups excluding carboxylic acids is 1. The van der Waals surface area contributed by atoms with E-state index in [-0.39, 0.29) is 39.8 Å². The lowest BCUT2D eigenvalue weighted by Gasteiger charge is -2.43. The molecule has 2 saturated heterocycles. The first-order chi connectivity index (χ1) is 18.4. The van der Waals surface area contributed by atoms with Crippen molar-refractivity contribution >= 4 is 61.2 Å². The third-order valence-corrected chi connectivity index (χ3v) is 8.96. The molecule has 1 N–H and O–H groups in total. The fourth-order valence-electron chi connectivity index (χ4n) is 5.54. The summed E-state index contributed by atoms with van der Waals surface area (Å²) in [5.74, 6) is 0.198. The summed E-state index contributed by atoms with van der Waals surface area (Å²) < 4.78 is 23.3. The van der Waals surface area contributed by atoms with Gasteiger partial charge >= 0.3 is 6.09 Å². The second-order valence-electron chi connectivity index (χ2n) is 11.7. The Hall–Kier alpha value is -2.21. The summed E-state index contributed by atoms with van der Waals surface area (Å²) >= 11 is 9.69. The van der Waals surface area contributed by atoms with E-state index in [1.165, 1.54) is 0 Å². The zero-order valence-corrected chi connectivity index (χ0v) is 25.3. The number of fused-ring (bicyclic) bond motifs is 3. The number of benzene rings is 1. The predicted molar refractivity (Wildman–Crippen MR) is 154 cm³/mol. The number of rotatable bonds is 5. The molecule has 2 atom stereocenters. The van der Waals surface area contributed by atoms with Crippen LogP contribution in [0.3, 0.4) is 0 Å². The maximum atomic E-state index is 15.5. The Morgan fingerprint density at radius 1 is 1.31 bits per heavy atom. The molecular formula is C27H35BrClFN6O3. The van der Waals surface area contributed by atoms with Gasteiger partial charge in [0.15, 0.2) is 5.82 Å². The Bertz CT molecular complexity index is 1400. The highest BCUT2D eigenvalue weighted by Gasteiger charge is 2.37. The molecule has 1 aromatic carbocycles. The van der Waals surface area contributed by atoms with Crippen LogP contribution in [0, 0.1) is 5.82 Å². The summed E-state index contributed by atoms with van der Waals surface area (Å²) in [6.45, 7) is 7.50. The first kappa shape index (κ1) is 28.3. The number of pyridine rings is 1. The topological polar surface area (TPSA) is 87.0 Å². The molecular weight excluding hydrogens is 591 g/mol. The lowest BCUT2D eigenvalue weighted by atomic mass is 9.95. The molecule has 9 nitrogen and oxygen atoms in total. The molecule has 3 aromatic rings. The maximum absolute atomic E-state index is 15.5. The van der Waals surface area contributed by atoms with Gasteiger partial charge in [0, 0.05) is 43.7 Å². The molecule has 2 aromatic heterocycles. The van der Waals surface area contributed by atoms with E-state index in [1.807, 2.05) is 25.5 Å². The number of anilines is 1. The number of likely N-dealkylation sites (tertiary alicyclic amines) is 1. The van der Waals surface area contributed by atoms with Crippen LogP contribution in [0.1, 0.15) is 46.1 Å². The number of nitrogens with zero attached hydrogens (tertiary/aromatic N) is 6. The summed E-state index contributed by atoms with van der Waals surface area (Å²) in [5, 5.41) is 16.3. The highest BCUT2D eigenvalue weighted by molar-refractivity contribution is 9.10. The molecule has 2 aliphatic rings. The molecule has 0 bridgehead atoms. The molecule has 1 amide bonds. The van der Waals surface area contributed by atoms with E-state index in [1.54, 1.807) is 17.2 Å². The van der Waals surface area contributed by atoms with Gasteiger partial charge in [-0.25, -0.2) is 14.2 Å². The Kier molecular flexibility index (Phi) is 7.73. The van der Waals surface area contributed by atoms with Gasteiger partial charge in [-0.3, -0.25) is 4.68 Å². The number of aromatic nitrogens is 3. The van der Waals surface area contributed by atoms with Gasteiger partial charge in [-0.1, -0.05) is 11.6 Å². The Labute approximate surface area is 240 Å². The number of halogens is 3. The average molecular weight is 626 g/mol. The molecule has 2 fully saturated rings. The Morgan fingerprint density at radius 2 is 2.03 bits per heavy atom. The van der Waals surface area contributed by atoms with Crippen LogP contribution in [-0.4, -0.2) is 93.8 Å².